The van der Waals surface area contributed by atoms with E-state index in [-0.39, 0.29) is 12.6 Å². The van der Waals surface area contributed by atoms with Crippen LogP contribution in [0.25, 0.3) is 21.5 Å². The van der Waals surface area contributed by atoms with Crippen LogP contribution in [0.3, 0.4) is 0 Å². The van der Waals surface area contributed by atoms with Gasteiger partial charge in [-0.05, 0) is 42.5 Å². The van der Waals surface area contributed by atoms with Gasteiger partial charge in [0, 0.05) is 28.9 Å². The molecule has 0 unspecified atom stereocenters. The van der Waals surface area contributed by atoms with Gasteiger partial charge in [0.2, 0.25) is 12.6 Å². The van der Waals surface area contributed by atoms with E-state index < -0.39 is 0 Å². The van der Waals surface area contributed by atoms with E-state index in [1.165, 1.54) is 11.3 Å². The van der Waals surface area contributed by atoms with E-state index in [0.29, 0.717) is 27.6 Å². The number of anilines is 1. The lowest BCUT2D eigenvalue weighted by atomic mass is 10.1. The molecule has 0 spiro atoms. The molecule has 4 aromatic rings. The van der Waals surface area contributed by atoms with Gasteiger partial charge in [0.05, 0.1) is 11.4 Å². The number of carbonyl (C=O) groups excluding carboxylic acids is 1. The maximum absolute atomic E-state index is 13.0. The monoisotopic (exact) mass is 375 g/mol. The first-order chi connectivity index (χ1) is 13.2. The molecule has 4 heterocycles. The molecule has 27 heavy (non-hydrogen) atoms. The zero-order chi connectivity index (χ0) is 18.4. The van der Waals surface area contributed by atoms with Gasteiger partial charge >= 0.3 is 0 Å². The lowest BCUT2D eigenvalue weighted by Gasteiger charge is -2.02. The van der Waals surface area contributed by atoms with Crippen LogP contribution in [0.1, 0.15) is 15.2 Å². The molecule has 0 atom stereocenters. The summed E-state index contributed by atoms with van der Waals surface area (Å²) in [6.07, 6.45) is 3.44. The number of ether oxygens (including phenoxy) is 2. The highest BCUT2D eigenvalue weighted by atomic mass is 32.1. The van der Waals surface area contributed by atoms with Crippen molar-refractivity contribution in [3.05, 3.63) is 65.3 Å². The van der Waals surface area contributed by atoms with Crippen LogP contribution in [0.2, 0.25) is 0 Å². The summed E-state index contributed by atoms with van der Waals surface area (Å²) >= 11 is 1.30. The molecule has 6 nitrogen and oxygen atoms in total. The Morgan fingerprint density at radius 3 is 2.70 bits per heavy atom. The summed E-state index contributed by atoms with van der Waals surface area (Å²) in [6.45, 7) is 0.166. The summed E-state index contributed by atoms with van der Waals surface area (Å²) in [4.78, 5) is 22.9. The number of carbonyl (C=O) groups is 1. The normalized spacial score (nSPS) is 12.4. The second kappa shape index (κ2) is 6.07. The molecule has 132 valence electrons. The third-order valence-corrected chi connectivity index (χ3v) is 5.52. The zero-order valence-electron chi connectivity index (χ0n) is 14.0. The van der Waals surface area contributed by atoms with Gasteiger partial charge in [-0.15, -0.1) is 11.3 Å². The van der Waals surface area contributed by atoms with Crippen molar-refractivity contribution in [1.82, 2.24) is 9.97 Å². The number of nitrogens with two attached hydrogens (primary N) is 1. The Bertz CT molecular complexity index is 1190. The van der Waals surface area contributed by atoms with Gasteiger partial charge in [0.15, 0.2) is 11.5 Å². The number of ketones is 1. The van der Waals surface area contributed by atoms with Crippen LogP contribution in [0.5, 0.6) is 11.5 Å². The van der Waals surface area contributed by atoms with E-state index in [4.69, 9.17) is 15.2 Å². The first-order valence-electron chi connectivity index (χ1n) is 8.24. The van der Waals surface area contributed by atoms with E-state index >= 15 is 0 Å². The molecule has 0 radical (unpaired) electrons. The van der Waals surface area contributed by atoms with Gasteiger partial charge in [0.25, 0.3) is 0 Å². The van der Waals surface area contributed by atoms with Crippen molar-refractivity contribution in [2.75, 3.05) is 12.5 Å². The number of fused-ring (bicyclic) bond motifs is 2. The van der Waals surface area contributed by atoms with Crippen LogP contribution in [-0.2, 0) is 0 Å². The Hall–Kier alpha value is -3.45. The second-order valence-corrected chi connectivity index (χ2v) is 7.03. The quantitative estimate of drug-likeness (QED) is 0.547. The van der Waals surface area contributed by atoms with E-state index in [2.05, 4.69) is 9.97 Å². The minimum absolute atomic E-state index is 0.153. The summed E-state index contributed by atoms with van der Waals surface area (Å²) < 4.78 is 10.7. The second-order valence-electron chi connectivity index (χ2n) is 6.03. The molecule has 0 aliphatic carbocycles. The van der Waals surface area contributed by atoms with E-state index in [0.717, 1.165) is 21.5 Å². The van der Waals surface area contributed by atoms with Gasteiger partial charge in [-0.1, -0.05) is 0 Å². The molecule has 7 heteroatoms. The molecule has 0 amide bonds. The fourth-order valence-corrected chi connectivity index (χ4v) is 4.07. The third kappa shape index (κ3) is 2.60. The largest absolute Gasteiger partial charge is 0.454 e. The van der Waals surface area contributed by atoms with Gasteiger partial charge in [-0.3, -0.25) is 9.78 Å². The number of thiophene rings is 1. The van der Waals surface area contributed by atoms with Crippen LogP contribution < -0.4 is 15.2 Å². The van der Waals surface area contributed by atoms with E-state index in [1.807, 2.05) is 24.3 Å². The Morgan fingerprint density at radius 1 is 1.04 bits per heavy atom. The van der Waals surface area contributed by atoms with E-state index in [9.17, 15) is 4.79 Å². The molecule has 5 rings (SSSR count). The summed E-state index contributed by atoms with van der Waals surface area (Å²) in [5.74, 6) is 1.05. The van der Waals surface area contributed by atoms with Crippen LogP contribution >= 0.6 is 11.3 Å². The first-order valence-corrected chi connectivity index (χ1v) is 9.06. The Kier molecular flexibility index (Phi) is 3.54. The van der Waals surface area contributed by atoms with Gasteiger partial charge < -0.3 is 15.2 Å². The average Bonchev–Trinajstić information content (AvgIpc) is 3.31. The molecular weight excluding hydrogens is 362 g/mol. The summed E-state index contributed by atoms with van der Waals surface area (Å²) in [5.41, 5.74) is 8.99. The van der Waals surface area contributed by atoms with Crippen molar-refractivity contribution >= 4 is 33.0 Å². The van der Waals surface area contributed by atoms with Crippen LogP contribution in [0.4, 0.5) is 5.69 Å². The average molecular weight is 375 g/mol. The van der Waals surface area contributed by atoms with E-state index in [1.54, 1.807) is 30.6 Å². The van der Waals surface area contributed by atoms with Crippen molar-refractivity contribution in [3.63, 3.8) is 0 Å². The minimum atomic E-state index is -0.153. The van der Waals surface area contributed by atoms with Crippen molar-refractivity contribution < 1.29 is 14.3 Å². The Morgan fingerprint density at radius 2 is 1.85 bits per heavy atom. The summed E-state index contributed by atoms with van der Waals surface area (Å²) in [5, 5.41) is 0.780. The predicted molar refractivity (Wildman–Crippen MR) is 103 cm³/mol. The fraction of sp³-hybridized carbons (Fsp3) is 0.0500. The maximum Gasteiger partial charge on any atom is 0.231 e. The topological polar surface area (TPSA) is 87.3 Å². The number of aromatic nitrogens is 2. The minimum Gasteiger partial charge on any atom is -0.454 e. The van der Waals surface area contributed by atoms with Crippen LogP contribution in [-0.4, -0.2) is 22.5 Å². The molecule has 0 fully saturated rings. The Balaban J connectivity index is 1.57. The molecular formula is C20H13N3O3S. The Labute approximate surface area is 158 Å². The number of rotatable bonds is 3. The first kappa shape index (κ1) is 15.8. The van der Waals surface area contributed by atoms with Crippen molar-refractivity contribution in [2.24, 2.45) is 0 Å². The number of nitrogens with zero attached hydrogens (tertiary/aromatic N) is 2. The molecule has 0 saturated heterocycles. The standard InChI is InChI=1S/C20H13N3O3S/c21-17-13-2-3-14(11-5-7-22-8-6-11)23-20(13)27-19(17)18(24)12-1-4-15-16(9-12)26-10-25-15/h1-9H,10,21H2. The highest BCUT2D eigenvalue weighted by Crippen LogP contribution is 2.37. The number of hydrogen-bond acceptors (Lipinski definition) is 7. The molecule has 1 aromatic carbocycles. The third-order valence-electron chi connectivity index (χ3n) is 4.41. The predicted octanol–water partition coefficient (Wildman–Crippen LogP) is 3.90. The summed E-state index contributed by atoms with van der Waals surface area (Å²) in [6, 6.07) is 12.7. The van der Waals surface area contributed by atoms with Crippen LogP contribution in [0, 0.1) is 0 Å². The number of hydrogen-bond donors (Lipinski definition) is 1. The summed E-state index contributed by atoms with van der Waals surface area (Å²) in [7, 11) is 0. The smallest absolute Gasteiger partial charge is 0.231 e. The van der Waals surface area contributed by atoms with Gasteiger partial charge in [0.1, 0.15) is 9.71 Å². The molecule has 2 N–H and O–H groups in total. The number of pyridine rings is 2. The lowest BCUT2D eigenvalue weighted by Crippen LogP contribution is -2.02. The number of nitrogen functional groups attached to an aromatic ring is 1. The molecule has 1 aliphatic heterocycles. The zero-order valence-corrected chi connectivity index (χ0v) is 14.8. The highest BCUT2D eigenvalue weighted by Gasteiger charge is 2.22. The van der Waals surface area contributed by atoms with Crippen molar-refractivity contribution in [3.8, 4) is 22.8 Å². The van der Waals surface area contributed by atoms with Crippen molar-refractivity contribution in [1.29, 1.82) is 0 Å². The molecule has 0 bridgehead atoms. The van der Waals surface area contributed by atoms with Gasteiger partial charge in [-0.25, -0.2) is 4.98 Å². The fourth-order valence-electron chi connectivity index (χ4n) is 3.02. The molecule has 0 saturated carbocycles. The lowest BCUT2D eigenvalue weighted by molar-refractivity contribution is 0.104. The maximum atomic E-state index is 13.0. The molecule has 3 aromatic heterocycles. The van der Waals surface area contributed by atoms with Gasteiger partial charge in [-0.2, -0.15) is 0 Å². The highest BCUT2D eigenvalue weighted by molar-refractivity contribution is 7.21. The SMILES string of the molecule is Nc1c(C(=O)c2ccc3c(c2)OCO3)sc2nc(-c3ccncc3)ccc12. The van der Waals surface area contributed by atoms with Crippen molar-refractivity contribution in [2.45, 2.75) is 0 Å². The molecule has 1 aliphatic rings. The number of benzene rings is 1. The van der Waals surface area contributed by atoms with Crippen LogP contribution in [0.15, 0.2) is 54.9 Å².